The highest BCUT2D eigenvalue weighted by molar-refractivity contribution is 6.20. The standard InChI is InChI=1S/C31H32N4O4/c1-5-24-28(30(38)34(32-24)20-11-7-18(3)8-12-20)27(23-16-15-22(36)17-26(23)37)29-25(6-2)33-35(31(29)39)21-13-9-19(4)10-14-21/h7-17,27-29,36-37H,5-6H2,1-4H3. The van der Waals surface area contributed by atoms with Crippen LogP contribution in [0.5, 0.6) is 11.5 Å². The molecule has 39 heavy (non-hydrogen) atoms. The Balaban J connectivity index is 1.63. The average molecular weight is 525 g/mol. The predicted molar refractivity (Wildman–Crippen MR) is 152 cm³/mol. The summed E-state index contributed by atoms with van der Waals surface area (Å²) in [5.41, 5.74) is 5.02. The molecule has 0 saturated carbocycles. The second kappa shape index (κ2) is 10.4. The second-order valence-corrected chi connectivity index (χ2v) is 10.1. The summed E-state index contributed by atoms with van der Waals surface area (Å²) < 4.78 is 0. The van der Waals surface area contributed by atoms with Gasteiger partial charge in [-0.3, -0.25) is 9.59 Å². The minimum atomic E-state index is -0.810. The number of carbonyl (C=O) groups is 2. The summed E-state index contributed by atoms with van der Waals surface area (Å²) in [4.78, 5) is 28.2. The van der Waals surface area contributed by atoms with Crippen molar-refractivity contribution >= 4 is 34.6 Å². The van der Waals surface area contributed by atoms with Gasteiger partial charge in [-0.05, 0) is 62.6 Å². The zero-order chi connectivity index (χ0) is 27.8. The Bertz CT molecular complexity index is 1390. The minimum Gasteiger partial charge on any atom is -0.508 e. The molecule has 2 amide bonds. The van der Waals surface area contributed by atoms with Crippen molar-refractivity contribution in [1.29, 1.82) is 0 Å². The minimum absolute atomic E-state index is 0.109. The summed E-state index contributed by atoms with van der Waals surface area (Å²) in [7, 11) is 0. The van der Waals surface area contributed by atoms with E-state index in [-0.39, 0.29) is 23.3 Å². The number of hydrogen-bond acceptors (Lipinski definition) is 6. The molecule has 5 rings (SSSR count). The lowest BCUT2D eigenvalue weighted by Gasteiger charge is -2.30. The van der Waals surface area contributed by atoms with Gasteiger partial charge in [-0.25, -0.2) is 10.0 Å². The first-order valence-corrected chi connectivity index (χ1v) is 13.2. The number of phenolic OH excluding ortho intramolecular Hbond substituents is 2. The van der Waals surface area contributed by atoms with E-state index in [1.807, 2.05) is 76.2 Å². The Morgan fingerprint density at radius 2 is 1.15 bits per heavy atom. The highest BCUT2D eigenvalue weighted by Crippen LogP contribution is 2.46. The van der Waals surface area contributed by atoms with E-state index < -0.39 is 17.8 Å². The third kappa shape index (κ3) is 4.67. The Hall–Kier alpha value is -4.46. The van der Waals surface area contributed by atoms with E-state index in [2.05, 4.69) is 0 Å². The van der Waals surface area contributed by atoms with Crippen LogP contribution >= 0.6 is 0 Å². The molecular weight excluding hydrogens is 492 g/mol. The zero-order valence-electron chi connectivity index (χ0n) is 22.5. The van der Waals surface area contributed by atoms with E-state index in [9.17, 15) is 19.8 Å². The normalized spacial score (nSPS) is 19.9. The molecule has 3 aromatic rings. The Labute approximate surface area is 227 Å². The predicted octanol–water partition coefficient (Wildman–Crippen LogP) is 5.66. The van der Waals surface area contributed by atoms with Crippen molar-refractivity contribution in [2.45, 2.75) is 46.5 Å². The third-order valence-electron chi connectivity index (χ3n) is 7.50. The smallest absolute Gasteiger partial charge is 0.256 e. The van der Waals surface area contributed by atoms with Crippen LogP contribution in [0.1, 0.15) is 49.3 Å². The highest BCUT2D eigenvalue weighted by atomic mass is 16.3. The molecule has 0 fully saturated rings. The van der Waals surface area contributed by atoms with Crippen molar-refractivity contribution in [3.05, 3.63) is 83.4 Å². The molecule has 2 aliphatic heterocycles. The summed E-state index contributed by atoms with van der Waals surface area (Å²) in [5, 5.41) is 33.2. The van der Waals surface area contributed by atoms with Gasteiger partial charge in [-0.1, -0.05) is 55.3 Å². The van der Waals surface area contributed by atoms with E-state index in [0.717, 1.165) is 11.1 Å². The van der Waals surface area contributed by atoms with Crippen molar-refractivity contribution in [2.24, 2.45) is 22.0 Å². The molecule has 0 bridgehead atoms. The van der Waals surface area contributed by atoms with Crippen LogP contribution in [-0.4, -0.2) is 33.5 Å². The molecular formula is C31H32N4O4. The number of aryl methyl sites for hydroxylation is 2. The summed E-state index contributed by atoms with van der Waals surface area (Å²) in [6.07, 6.45) is 0.963. The first-order chi connectivity index (χ1) is 18.7. The topological polar surface area (TPSA) is 106 Å². The second-order valence-electron chi connectivity index (χ2n) is 10.1. The average Bonchev–Trinajstić information content (AvgIpc) is 3.43. The fourth-order valence-corrected chi connectivity index (χ4v) is 5.44. The van der Waals surface area contributed by atoms with E-state index in [4.69, 9.17) is 10.2 Å². The van der Waals surface area contributed by atoms with Gasteiger partial charge in [0.2, 0.25) is 0 Å². The molecule has 200 valence electrons. The number of nitrogens with zero attached hydrogens (tertiary/aromatic N) is 4. The molecule has 3 aromatic carbocycles. The maximum Gasteiger partial charge on any atom is 0.256 e. The van der Waals surface area contributed by atoms with Crippen LogP contribution in [0.15, 0.2) is 76.9 Å². The first-order valence-electron chi connectivity index (χ1n) is 13.2. The number of anilines is 2. The summed E-state index contributed by atoms with van der Waals surface area (Å²) in [6, 6.07) is 19.3. The fourth-order valence-electron chi connectivity index (χ4n) is 5.44. The van der Waals surface area contributed by atoms with Crippen LogP contribution in [0.25, 0.3) is 0 Å². The van der Waals surface area contributed by atoms with Crippen molar-refractivity contribution in [3.63, 3.8) is 0 Å². The lowest BCUT2D eigenvalue weighted by molar-refractivity contribution is -0.122. The maximum absolute atomic E-state index is 14.1. The number of aromatic hydroxyl groups is 2. The molecule has 8 nitrogen and oxygen atoms in total. The first kappa shape index (κ1) is 26.2. The highest BCUT2D eigenvalue weighted by Gasteiger charge is 2.51. The van der Waals surface area contributed by atoms with Gasteiger partial charge in [0.1, 0.15) is 11.5 Å². The molecule has 0 radical (unpaired) electrons. The number of phenols is 2. The van der Waals surface area contributed by atoms with Crippen molar-refractivity contribution in [1.82, 2.24) is 0 Å². The van der Waals surface area contributed by atoms with E-state index in [1.165, 1.54) is 22.2 Å². The van der Waals surface area contributed by atoms with Crippen LogP contribution < -0.4 is 10.0 Å². The van der Waals surface area contributed by atoms with Crippen molar-refractivity contribution < 1.29 is 19.8 Å². The van der Waals surface area contributed by atoms with Gasteiger partial charge in [0.05, 0.1) is 34.6 Å². The van der Waals surface area contributed by atoms with Crippen LogP contribution in [0.3, 0.4) is 0 Å². The van der Waals surface area contributed by atoms with Crippen LogP contribution in [0.2, 0.25) is 0 Å². The van der Waals surface area contributed by atoms with Gasteiger partial charge in [0.25, 0.3) is 11.8 Å². The monoisotopic (exact) mass is 524 g/mol. The molecule has 0 saturated heterocycles. The SMILES string of the molecule is CCC1=NN(c2ccc(C)cc2)C(=O)C1C(c1ccc(O)cc1O)C1C(=O)N(c2ccc(C)cc2)N=C1CC. The number of amides is 2. The van der Waals surface area contributed by atoms with Crippen LogP contribution in [0, 0.1) is 25.7 Å². The number of benzene rings is 3. The molecule has 0 aromatic heterocycles. The van der Waals surface area contributed by atoms with Crippen molar-refractivity contribution in [3.8, 4) is 11.5 Å². The molecule has 8 heteroatoms. The van der Waals surface area contributed by atoms with E-state index >= 15 is 0 Å². The number of hydrogen-bond donors (Lipinski definition) is 2. The Morgan fingerprint density at radius 1 is 0.718 bits per heavy atom. The van der Waals surface area contributed by atoms with Crippen LogP contribution in [-0.2, 0) is 9.59 Å². The Morgan fingerprint density at radius 3 is 1.54 bits per heavy atom. The lowest BCUT2D eigenvalue weighted by atomic mass is 9.71. The molecule has 0 spiro atoms. The number of rotatable bonds is 7. The summed E-state index contributed by atoms with van der Waals surface area (Å²) >= 11 is 0. The summed E-state index contributed by atoms with van der Waals surface area (Å²) in [6.45, 7) is 7.80. The van der Waals surface area contributed by atoms with Gasteiger partial charge in [0.15, 0.2) is 0 Å². The lowest BCUT2D eigenvalue weighted by Crippen LogP contribution is -2.40. The quantitative estimate of drug-likeness (QED) is 0.416. The third-order valence-corrected chi connectivity index (χ3v) is 7.50. The molecule has 2 atom stereocenters. The van der Waals surface area contributed by atoms with E-state index in [0.29, 0.717) is 41.2 Å². The maximum atomic E-state index is 14.1. The van der Waals surface area contributed by atoms with Gasteiger partial charge in [-0.2, -0.15) is 10.2 Å². The fraction of sp³-hybridized carbons (Fsp3) is 0.290. The molecule has 2 heterocycles. The summed E-state index contributed by atoms with van der Waals surface area (Å²) in [5.74, 6) is -3.24. The largest absolute Gasteiger partial charge is 0.508 e. The van der Waals surface area contributed by atoms with Crippen LogP contribution in [0.4, 0.5) is 11.4 Å². The Kier molecular flexibility index (Phi) is 6.95. The van der Waals surface area contributed by atoms with Gasteiger partial charge in [0, 0.05) is 12.0 Å². The molecule has 2 aliphatic rings. The molecule has 0 aliphatic carbocycles. The van der Waals surface area contributed by atoms with Gasteiger partial charge < -0.3 is 10.2 Å². The van der Waals surface area contributed by atoms with Gasteiger partial charge in [-0.15, -0.1) is 0 Å². The molecule has 2 N–H and O–H groups in total. The van der Waals surface area contributed by atoms with E-state index in [1.54, 1.807) is 6.07 Å². The van der Waals surface area contributed by atoms with Crippen molar-refractivity contribution in [2.75, 3.05) is 10.0 Å². The zero-order valence-corrected chi connectivity index (χ0v) is 22.5. The van der Waals surface area contributed by atoms with Gasteiger partial charge >= 0.3 is 0 Å². The number of carbonyl (C=O) groups excluding carboxylic acids is 2. The number of hydrazone groups is 2. The molecule has 2 unspecified atom stereocenters.